The van der Waals surface area contributed by atoms with Gasteiger partial charge in [-0.1, -0.05) is 0 Å². The molecule has 0 amide bonds. The summed E-state index contributed by atoms with van der Waals surface area (Å²) in [7, 11) is 1.47. The quantitative estimate of drug-likeness (QED) is 0.746. The van der Waals surface area contributed by atoms with E-state index in [-0.39, 0.29) is 0 Å². The van der Waals surface area contributed by atoms with Gasteiger partial charge in [-0.15, -0.1) is 0 Å². The Morgan fingerprint density at radius 1 is 1.12 bits per heavy atom. The molecule has 1 aliphatic rings. The number of rotatable bonds is 6. The summed E-state index contributed by atoms with van der Waals surface area (Å²) in [6.45, 7) is 3.70. The molecule has 8 heteroatoms. The molecule has 0 saturated carbocycles. The average Bonchev–Trinajstić information content (AvgIpc) is 2.65. The fourth-order valence-corrected chi connectivity index (χ4v) is 4.12. The summed E-state index contributed by atoms with van der Waals surface area (Å²) in [5.74, 6) is 3.53. The van der Waals surface area contributed by atoms with Crippen LogP contribution in [0.3, 0.4) is 0 Å². The Morgan fingerprint density at radius 3 is 2.38 bits per heavy atom. The molecule has 142 valence electrons. The van der Waals surface area contributed by atoms with Crippen LogP contribution in [-0.4, -0.2) is 53.2 Å². The van der Waals surface area contributed by atoms with Gasteiger partial charge in [-0.3, -0.25) is 0 Å². The Balaban J connectivity index is 1.86. The summed E-state index contributed by atoms with van der Waals surface area (Å²) >= 11 is 0. The van der Waals surface area contributed by atoms with Crippen molar-refractivity contribution in [2.75, 3.05) is 38.4 Å². The van der Waals surface area contributed by atoms with Crippen LogP contribution in [0.25, 0.3) is 10.9 Å². The van der Waals surface area contributed by atoms with E-state index in [2.05, 4.69) is 9.88 Å². The topological polar surface area (TPSA) is 87.9 Å². The molecule has 1 fully saturated rings. The van der Waals surface area contributed by atoms with Crippen molar-refractivity contribution in [3.63, 3.8) is 0 Å². The number of fused-ring (bicyclic) bond motifs is 1. The van der Waals surface area contributed by atoms with Crippen molar-refractivity contribution in [2.45, 2.75) is 26.2 Å². The van der Waals surface area contributed by atoms with Gasteiger partial charge in [0.1, 0.15) is 11.6 Å². The van der Waals surface area contributed by atoms with Crippen LogP contribution in [0.1, 0.15) is 25.1 Å². The summed E-state index contributed by atoms with van der Waals surface area (Å²) in [5.41, 5.74) is 0.846. The Morgan fingerprint density at radius 2 is 1.77 bits per heavy atom. The Kier molecular flexibility index (Phi) is 6.12. The highest BCUT2D eigenvalue weighted by molar-refractivity contribution is 7.45. The smallest absolute Gasteiger partial charge is 0.164 e. The summed E-state index contributed by atoms with van der Waals surface area (Å²) in [5, 5.41) is 0.959. The number of anilines is 1. The molecule has 1 aliphatic heterocycles. The first kappa shape index (κ1) is 19.1. The van der Waals surface area contributed by atoms with E-state index in [0.717, 1.165) is 54.9 Å². The molecule has 26 heavy (non-hydrogen) atoms. The largest absolute Gasteiger partial charge is 0.493 e. The van der Waals surface area contributed by atoms with Crippen molar-refractivity contribution >= 4 is 25.1 Å². The van der Waals surface area contributed by atoms with Crippen LogP contribution in [0, 0.1) is 12.8 Å². The first-order chi connectivity index (χ1) is 12.5. The van der Waals surface area contributed by atoms with Gasteiger partial charge in [0.05, 0.1) is 19.7 Å². The Bertz CT molecular complexity index is 764. The maximum atomic E-state index is 9.12. The number of ether oxygens (including phenoxy) is 2. The summed E-state index contributed by atoms with van der Waals surface area (Å²) in [4.78, 5) is 29.8. The third-order valence-electron chi connectivity index (χ3n) is 4.94. The van der Waals surface area contributed by atoms with Crippen LogP contribution < -0.4 is 14.4 Å². The molecule has 7 nitrogen and oxygen atoms in total. The molecule has 2 aromatic rings. The second kappa shape index (κ2) is 8.33. The third kappa shape index (κ3) is 4.17. The lowest BCUT2D eigenvalue weighted by atomic mass is 9.94. The molecule has 0 atom stereocenters. The molecule has 1 aromatic carbocycles. The fourth-order valence-electron chi connectivity index (χ4n) is 3.53. The monoisotopic (exact) mass is 379 g/mol. The lowest BCUT2D eigenvalue weighted by Gasteiger charge is -2.33. The van der Waals surface area contributed by atoms with E-state index in [1.54, 1.807) is 14.2 Å². The number of aryl methyl sites for hydroxylation is 1. The highest BCUT2D eigenvalue weighted by atomic mass is 31.2. The van der Waals surface area contributed by atoms with E-state index in [1.807, 2.05) is 19.1 Å². The second-order valence-corrected chi connectivity index (χ2v) is 7.83. The lowest BCUT2D eigenvalue weighted by Crippen LogP contribution is -2.34. The van der Waals surface area contributed by atoms with Crippen molar-refractivity contribution in [1.82, 2.24) is 9.97 Å². The van der Waals surface area contributed by atoms with E-state index >= 15 is 0 Å². The van der Waals surface area contributed by atoms with E-state index in [1.165, 1.54) is 0 Å². The normalized spacial score (nSPS) is 15.7. The van der Waals surface area contributed by atoms with Crippen LogP contribution in [0.15, 0.2) is 12.1 Å². The van der Waals surface area contributed by atoms with Crippen LogP contribution in [-0.2, 0) is 0 Å². The number of hydrogen-bond donors (Lipinski definition) is 2. The van der Waals surface area contributed by atoms with Gasteiger partial charge in [0.15, 0.2) is 19.9 Å². The first-order valence-corrected chi connectivity index (χ1v) is 10.3. The second-order valence-electron chi connectivity index (χ2n) is 6.63. The van der Waals surface area contributed by atoms with Gasteiger partial charge in [-0.25, -0.2) is 9.97 Å². The van der Waals surface area contributed by atoms with E-state index in [0.29, 0.717) is 23.6 Å². The number of nitrogens with zero attached hydrogens (tertiary/aromatic N) is 3. The minimum atomic E-state index is -1.78. The molecule has 2 heterocycles. The van der Waals surface area contributed by atoms with Crippen LogP contribution in [0.5, 0.6) is 11.5 Å². The summed E-state index contributed by atoms with van der Waals surface area (Å²) < 4.78 is 10.8. The molecule has 0 aliphatic carbocycles. The molecule has 3 rings (SSSR count). The lowest BCUT2D eigenvalue weighted by molar-refractivity contribution is 0.355. The van der Waals surface area contributed by atoms with Crippen molar-refractivity contribution in [1.29, 1.82) is 0 Å². The van der Waals surface area contributed by atoms with Gasteiger partial charge in [0.25, 0.3) is 0 Å². The molecule has 1 aromatic heterocycles. The third-order valence-corrected chi connectivity index (χ3v) is 5.60. The van der Waals surface area contributed by atoms with E-state index in [4.69, 9.17) is 24.2 Å². The minimum Gasteiger partial charge on any atom is -0.493 e. The number of benzene rings is 1. The zero-order valence-electron chi connectivity index (χ0n) is 15.5. The highest BCUT2D eigenvalue weighted by Gasteiger charge is 2.23. The molecule has 1 saturated heterocycles. The molecule has 0 spiro atoms. The summed E-state index contributed by atoms with van der Waals surface area (Å²) in [6.07, 6.45) is 3.44. The highest BCUT2D eigenvalue weighted by Crippen LogP contribution is 2.37. The number of methoxy groups -OCH3 is 2. The van der Waals surface area contributed by atoms with Crippen molar-refractivity contribution in [2.24, 2.45) is 5.92 Å². The minimum absolute atomic E-state index is 0.506. The summed E-state index contributed by atoms with van der Waals surface area (Å²) in [6, 6.07) is 3.84. The zero-order chi connectivity index (χ0) is 18.7. The molecular weight excluding hydrogens is 353 g/mol. The van der Waals surface area contributed by atoms with Gasteiger partial charge in [-0.05, 0) is 38.2 Å². The maximum Gasteiger partial charge on any atom is 0.164 e. The van der Waals surface area contributed by atoms with E-state index in [9.17, 15) is 0 Å². The predicted octanol–water partition coefficient (Wildman–Crippen LogP) is 2.86. The maximum absolute atomic E-state index is 9.12. The Labute approximate surface area is 154 Å². The average molecular weight is 379 g/mol. The van der Waals surface area contributed by atoms with Crippen LogP contribution in [0.2, 0.25) is 0 Å². The van der Waals surface area contributed by atoms with Gasteiger partial charge >= 0.3 is 0 Å². The van der Waals surface area contributed by atoms with Crippen molar-refractivity contribution < 1.29 is 19.3 Å². The molecule has 2 N–H and O–H groups in total. The van der Waals surface area contributed by atoms with Gasteiger partial charge in [0, 0.05) is 30.7 Å². The number of hydrogen-bond acceptors (Lipinski definition) is 7. The van der Waals surface area contributed by atoms with Crippen molar-refractivity contribution in [3.05, 3.63) is 18.0 Å². The molecular formula is C18H26N3O4P. The van der Waals surface area contributed by atoms with Gasteiger partial charge in [0.2, 0.25) is 0 Å². The van der Waals surface area contributed by atoms with Crippen molar-refractivity contribution in [3.8, 4) is 11.5 Å². The van der Waals surface area contributed by atoms with Crippen LogP contribution in [0.4, 0.5) is 5.82 Å². The molecule has 0 bridgehead atoms. The molecule has 0 unspecified atom stereocenters. The number of piperidine rings is 1. The van der Waals surface area contributed by atoms with Crippen LogP contribution >= 0.6 is 8.38 Å². The van der Waals surface area contributed by atoms with Gasteiger partial charge < -0.3 is 24.2 Å². The molecule has 0 radical (unpaired) electrons. The predicted molar refractivity (Wildman–Crippen MR) is 103 cm³/mol. The number of aromatic nitrogens is 2. The zero-order valence-corrected chi connectivity index (χ0v) is 16.4. The standard InChI is InChI=1S/C18H26N3O4P/c1-12-19-15-11-17(25-3)16(24-2)10-14(15)18(20-12)21-7-4-13(5-8-21)6-9-26(22)23/h10-11,13,22-23H,4-9H2,1-3H3. The Hall–Kier alpha value is -1.69. The SMILES string of the molecule is COc1cc2nc(C)nc(N3CCC(CCP(O)O)CC3)c2cc1OC. The van der Waals surface area contributed by atoms with Gasteiger partial charge in [-0.2, -0.15) is 0 Å². The fraction of sp³-hybridized carbons (Fsp3) is 0.556. The first-order valence-electron chi connectivity index (χ1n) is 8.82. The van der Waals surface area contributed by atoms with E-state index < -0.39 is 8.38 Å².